The second kappa shape index (κ2) is 7.29. The van der Waals surface area contributed by atoms with Crippen molar-refractivity contribution in [1.82, 2.24) is 0 Å². The second-order valence-corrected chi connectivity index (χ2v) is 9.13. The summed E-state index contributed by atoms with van der Waals surface area (Å²) in [4.78, 5) is 0. The Kier molecular flexibility index (Phi) is 5.38. The van der Waals surface area contributed by atoms with E-state index in [9.17, 15) is 15.3 Å². The maximum absolute atomic E-state index is 10.2. The molecular formula is C24H32O3. The molecule has 3 atom stereocenters. The van der Waals surface area contributed by atoms with E-state index in [1.807, 2.05) is 13.0 Å². The predicted molar refractivity (Wildman–Crippen MR) is 109 cm³/mol. The molecule has 3 N–H and O–H groups in total. The maximum Gasteiger partial charge on any atom is 0.118 e. The zero-order valence-corrected chi connectivity index (χ0v) is 17.1. The minimum absolute atomic E-state index is 0.0110. The second-order valence-electron chi connectivity index (χ2n) is 9.13. The van der Waals surface area contributed by atoms with E-state index in [0.717, 1.165) is 16.7 Å². The fourth-order valence-electron chi connectivity index (χ4n) is 4.69. The summed E-state index contributed by atoms with van der Waals surface area (Å²) in [5.41, 5.74) is 6.87. The third-order valence-electron chi connectivity index (χ3n) is 6.18. The van der Waals surface area contributed by atoms with Crippen molar-refractivity contribution in [2.75, 3.05) is 13.2 Å². The molecule has 0 amide bonds. The summed E-state index contributed by atoms with van der Waals surface area (Å²) in [5.74, 6) is 0.249. The first-order chi connectivity index (χ1) is 12.7. The van der Waals surface area contributed by atoms with Crippen LogP contribution in [0.4, 0.5) is 0 Å². The average molecular weight is 369 g/mol. The van der Waals surface area contributed by atoms with Crippen molar-refractivity contribution in [3.8, 4) is 5.75 Å². The summed E-state index contributed by atoms with van der Waals surface area (Å²) < 4.78 is 0. The van der Waals surface area contributed by atoms with E-state index in [-0.39, 0.29) is 36.4 Å². The Bertz CT molecular complexity index is 832. The summed E-state index contributed by atoms with van der Waals surface area (Å²) in [5, 5.41) is 30.3. The molecule has 0 aliphatic heterocycles. The van der Waals surface area contributed by atoms with E-state index in [2.05, 4.69) is 52.0 Å². The average Bonchev–Trinajstić information content (AvgIpc) is 2.61. The Labute approximate surface area is 162 Å². The minimum Gasteiger partial charge on any atom is -0.508 e. The van der Waals surface area contributed by atoms with Crippen LogP contribution in [0.5, 0.6) is 5.75 Å². The van der Waals surface area contributed by atoms with Gasteiger partial charge in [-0.25, -0.2) is 0 Å². The zero-order chi connectivity index (χ0) is 19.9. The smallest absolute Gasteiger partial charge is 0.118 e. The van der Waals surface area contributed by atoms with Gasteiger partial charge < -0.3 is 15.3 Å². The van der Waals surface area contributed by atoms with E-state index in [0.29, 0.717) is 12.2 Å². The lowest BCUT2D eigenvalue weighted by atomic mass is 9.66. The molecule has 0 radical (unpaired) electrons. The van der Waals surface area contributed by atoms with E-state index >= 15 is 0 Å². The lowest BCUT2D eigenvalue weighted by molar-refractivity contribution is 0.101. The van der Waals surface area contributed by atoms with Crippen LogP contribution in [-0.4, -0.2) is 28.5 Å². The highest BCUT2D eigenvalue weighted by Crippen LogP contribution is 2.46. The molecule has 2 aromatic rings. The van der Waals surface area contributed by atoms with Gasteiger partial charge in [-0.15, -0.1) is 0 Å². The first-order valence-corrected chi connectivity index (χ1v) is 9.82. The van der Waals surface area contributed by atoms with Crippen molar-refractivity contribution in [1.29, 1.82) is 0 Å². The van der Waals surface area contributed by atoms with Crippen LogP contribution in [-0.2, 0) is 11.8 Å². The molecule has 0 fully saturated rings. The van der Waals surface area contributed by atoms with Crippen molar-refractivity contribution in [3.05, 3.63) is 63.7 Å². The van der Waals surface area contributed by atoms with Crippen molar-refractivity contribution < 1.29 is 15.3 Å². The van der Waals surface area contributed by atoms with Gasteiger partial charge in [0.15, 0.2) is 0 Å². The maximum atomic E-state index is 10.2. The number of phenols is 1. The minimum atomic E-state index is -0.0398. The Morgan fingerprint density at radius 3 is 2.26 bits per heavy atom. The van der Waals surface area contributed by atoms with Gasteiger partial charge in [0, 0.05) is 19.1 Å². The highest BCUT2D eigenvalue weighted by atomic mass is 16.3. The Morgan fingerprint density at radius 1 is 0.963 bits per heavy atom. The number of rotatable bonds is 3. The van der Waals surface area contributed by atoms with E-state index in [1.165, 1.54) is 16.7 Å². The fourth-order valence-corrected chi connectivity index (χ4v) is 4.69. The van der Waals surface area contributed by atoms with Crippen LogP contribution in [0.25, 0.3) is 0 Å². The molecule has 27 heavy (non-hydrogen) atoms. The van der Waals surface area contributed by atoms with Crippen LogP contribution in [0.15, 0.2) is 30.3 Å². The van der Waals surface area contributed by atoms with E-state index in [4.69, 9.17) is 0 Å². The molecular weight excluding hydrogens is 336 g/mol. The third-order valence-corrected chi connectivity index (χ3v) is 6.18. The van der Waals surface area contributed by atoms with Crippen molar-refractivity contribution in [2.24, 2.45) is 11.8 Å². The molecule has 0 heterocycles. The summed E-state index contributed by atoms with van der Waals surface area (Å²) in [6, 6.07) is 10.5. The van der Waals surface area contributed by atoms with Gasteiger partial charge in [0.25, 0.3) is 0 Å². The highest BCUT2D eigenvalue weighted by molar-refractivity contribution is 5.50. The van der Waals surface area contributed by atoms with Crippen LogP contribution in [0, 0.1) is 25.7 Å². The lowest BCUT2D eigenvalue weighted by Gasteiger charge is -2.39. The van der Waals surface area contributed by atoms with Gasteiger partial charge in [0.2, 0.25) is 0 Å². The number of aryl methyl sites for hydroxylation is 2. The van der Waals surface area contributed by atoms with Gasteiger partial charge in [-0.2, -0.15) is 0 Å². The Morgan fingerprint density at radius 2 is 1.67 bits per heavy atom. The molecule has 0 saturated heterocycles. The van der Waals surface area contributed by atoms with Gasteiger partial charge in [0.1, 0.15) is 5.75 Å². The number of phenolic OH excluding ortho intramolecular Hbond substituents is 1. The number of hydrogen-bond donors (Lipinski definition) is 3. The monoisotopic (exact) mass is 368 g/mol. The first-order valence-electron chi connectivity index (χ1n) is 9.82. The molecule has 1 aliphatic carbocycles. The largest absolute Gasteiger partial charge is 0.508 e. The van der Waals surface area contributed by atoms with Gasteiger partial charge in [-0.3, -0.25) is 0 Å². The molecule has 3 rings (SSSR count). The molecule has 1 aliphatic rings. The van der Waals surface area contributed by atoms with Crippen molar-refractivity contribution in [2.45, 2.75) is 52.4 Å². The van der Waals surface area contributed by atoms with Crippen LogP contribution in [0.3, 0.4) is 0 Å². The first kappa shape index (κ1) is 19.9. The highest BCUT2D eigenvalue weighted by Gasteiger charge is 2.38. The lowest BCUT2D eigenvalue weighted by Crippen LogP contribution is -2.35. The summed E-state index contributed by atoms with van der Waals surface area (Å²) >= 11 is 0. The van der Waals surface area contributed by atoms with Crippen molar-refractivity contribution in [3.63, 3.8) is 0 Å². The number of hydrogen-bond acceptors (Lipinski definition) is 3. The van der Waals surface area contributed by atoms with Crippen LogP contribution in [0.2, 0.25) is 0 Å². The molecule has 0 saturated carbocycles. The summed E-state index contributed by atoms with van der Waals surface area (Å²) in [7, 11) is 0. The fraction of sp³-hybridized carbons (Fsp3) is 0.500. The van der Waals surface area contributed by atoms with Crippen molar-refractivity contribution >= 4 is 0 Å². The van der Waals surface area contributed by atoms with Gasteiger partial charge in [0.05, 0.1) is 0 Å². The molecule has 0 aromatic heterocycles. The zero-order valence-electron chi connectivity index (χ0n) is 17.1. The quantitative estimate of drug-likeness (QED) is 0.760. The molecule has 0 spiro atoms. The predicted octanol–water partition coefficient (Wildman–Crippen LogP) is 4.21. The number of aromatic hydroxyl groups is 1. The summed E-state index contributed by atoms with van der Waals surface area (Å²) in [6.45, 7) is 10.8. The van der Waals surface area contributed by atoms with Crippen LogP contribution >= 0.6 is 0 Å². The topological polar surface area (TPSA) is 60.7 Å². The van der Waals surface area contributed by atoms with Crippen LogP contribution < -0.4 is 0 Å². The number of benzene rings is 2. The molecule has 0 bridgehead atoms. The van der Waals surface area contributed by atoms with E-state index in [1.54, 1.807) is 0 Å². The molecule has 3 nitrogen and oxygen atoms in total. The molecule has 3 heteroatoms. The normalized spacial score (nSPS) is 22.6. The Hall–Kier alpha value is -1.84. The van der Waals surface area contributed by atoms with Gasteiger partial charge in [-0.05, 0) is 77.0 Å². The SMILES string of the molecule is Cc1cc2c(cc1O)C[C@H](CO)[C@@H](CO)C2c1ccc(C)c(C(C)(C)C)c1. The summed E-state index contributed by atoms with van der Waals surface area (Å²) in [6.07, 6.45) is 0.680. The Balaban J connectivity index is 2.22. The molecule has 1 unspecified atom stereocenters. The third kappa shape index (κ3) is 3.63. The van der Waals surface area contributed by atoms with Gasteiger partial charge in [-0.1, -0.05) is 45.0 Å². The molecule has 2 aromatic carbocycles. The van der Waals surface area contributed by atoms with E-state index < -0.39 is 0 Å². The standard InChI is InChI=1S/C24H32O3/c1-14-6-7-16(10-21(14)24(3,4)5)23-19-8-15(2)22(27)11-17(19)9-18(12-25)20(23)13-26/h6-8,10-11,18,20,23,25-27H,9,12-13H2,1-5H3/t18-,20-,23?/m1/s1. The van der Waals surface area contributed by atoms with Crippen LogP contribution in [0.1, 0.15) is 60.1 Å². The number of aliphatic hydroxyl groups excluding tert-OH is 2. The number of aliphatic hydroxyl groups is 2. The molecule has 146 valence electrons. The van der Waals surface area contributed by atoms with Gasteiger partial charge >= 0.3 is 0 Å². The number of fused-ring (bicyclic) bond motifs is 1.